The third kappa shape index (κ3) is 2.66. The Balaban J connectivity index is 1.56. The van der Waals surface area contributed by atoms with Crippen molar-refractivity contribution in [2.75, 3.05) is 0 Å². The fourth-order valence-electron chi connectivity index (χ4n) is 3.42. The van der Waals surface area contributed by atoms with Crippen LogP contribution in [0.25, 0.3) is 27.5 Å². The monoisotopic (exact) mass is 387 g/mol. The highest BCUT2D eigenvalue weighted by Crippen LogP contribution is 2.29. The van der Waals surface area contributed by atoms with Crippen molar-refractivity contribution in [2.45, 2.75) is 24.3 Å². The molecule has 0 radical (unpaired) electrons. The van der Waals surface area contributed by atoms with Gasteiger partial charge < -0.3 is 4.98 Å². The summed E-state index contributed by atoms with van der Waals surface area (Å²) < 4.78 is 1.74. The van der Waals surface area contributed by atoms with Crippen LogP contribution in [0, 0.1) is 6.92 Å². The number of carbonyl (C=O) groups is 1. The van der Waals surface area contributed by atoms with E-state index in [-0.39, 0.29) is 11.0 Å². The number of ketones is 1. The molecule has 1 unspecified atom stereocenters. The van der Waals surface area contributed by atoms with Gasteiger partial charge in [-0.05, 0) is 32.0 Å². The number of rotatable bonds is 4. The van der Waals surface area contributed by atoms with Gasteiger partial charge in [0.15, 0.2) is 16.6 Å². The fraction of sp³-hybridized carbons (Fsp3) is 0.143. The summed E-state index contributed by atoms with van der Waals surface area (Å²) >= 11 is 1.40. The summed E-state index contributed by atoms with van der Waals surface area (Å²) in [7, 11) is 0. The summed E-state index contributed by atoms with van der Waals surface area (Å²) in [5.41, 5.74) is 3.26. The van der Waals surface area contributed by atoms with Crippen LogP contribution in [0.1, 0.15) is 23.1 Å². The Morgan fingerprint density at radius 3 is 2.68 bits per heavy atom. The second-order valence-electron chi connectivity index (χ2n) is 6.68. The molecule has 1 N–H and O–H groups in total. The van der Waals surface area contributed by atoms with Crippen molar-refractivity contribution in [3.63, 3.8) is 0 Å². The average molecular weight is 387 g/mol. The highest BCUT2D eigenvalue weighted by Gasteiger charge is 2.22. The van der Waals surface area contributed by atoms with E-state index in [1.54, 1.807) is 10.7 Å². The number of benzene rings is 2. The van der Waals surface area contributed by atoms with Crippen LogP contribution in [0.15, 0.2) is 59.9 Å². The molecule has 5 rings (SSSR count). The van der Waals surface area contributed by atoms with Crippen molar-refractivity contribution in [3.8, 4) is 0 Å². The molecule has 0 fully saturated rings. The number of hydrogen-bond acceptors (Lipinski definition) is 5. The van der Waals surface area contributed by atoms with Crippen molar-refractivity contribution < 1.29 is 4.79 Å². The topological polar surface area (TPSA) is 75.9 Å². The van der Waals surface area contributed by atoms with Crippen LogP contribution >= 0.6 is 11.8 Å². The van der Waals surface area contributed by atoms with Crippen molar-refractivity contribution >= 4 is 45.0 Å². The molecule has 6 nitrogen and oxygen atoms in total. The second kappa shape index (κ2) is 6.45. The molecule has 7 heteroatoms. The highest BCUT2D eigenvalue weighted by molar-refractivity contribution is 8.00. The molecule has 0 aliphatic carbocycles. The number of aryl methyl sites for hydroxylation is 1. The largest absolute Gasteiger partial charge is 0.360 e. The maximum atomic E-state index is 13.1. The molecular weight excluding hydrogens is 370 g/mol. The minimum absolute atomic E-state index is 0.0578. The van der Waals surface area contributed by atoms with E-state index in [0.717, 1.165) is 27.5 Å². The number of Topliss-reactive ketones (excluding diaryl/α,β-unsaturated/α-hetero) is 1. The van der Waals surface area contributed by atoms with Gasteiger partial charge in [-0.25, -0.2) is 9.97 Å². The first-order chi connectivity index (χ1) is 13.6. The summed E-state index contributed by atoms with van der Waals surface area (Å²) in [5.74, 6) is 0.734. The van der Waals surface area contributed by atoms with Gasteiger partial charge in [0, 0.05) is 28.0 Å². The first-order valence-electron chi connectivity index (χ1n) is 9.01. The molecule has 0 spiro atoms. The van der Waals surface area contributed by atoms with E-state index in [1.807, 2.05) is 62.4 Å². The molecule has 138 valence electrons. The summed E-state index contributed by atoms with van der Waals surface area (Å²) in [4.78, 5) is 25.6. The summed E-state index contributed by atoms with van der Waals surface area (Å²) in [5, 5.41) is 6.72. The number of H-pyrrole nitrogens is 1. The standard InChI is InChI=1S/C21H17N5OS/c1-12(19(27)16-11-22-17-9-5-3-7-14(16)17)28-21-24-18-10-6-4-8-15(18)20-23-13(2)25-26(20)21/h3-12,22H,1-2H3. The molecule has 5 aromatic rings. The maximum absolute atomic E-state index is 13.1. The minimum Gasteiger partial charge on any atom is -0.360 e. The number of carbonyl (C=O) groups excluding carboxylic acids is 1. The van der Waals surface area contributed by atoms with E-state index in [9.17, 15) is 4.79 Å². The maximum Gasteiger partial charge on any atom is 0.192 e. The molecule has 1 atom stereocenters. The normalized spacial score (nSPS) is 12.8. The van der Waals surface area contributed by atoms with E-state index in [2.05, 4.69) is 15.1 Å². The van der Waals surface area contributed by atoms with Gasteiger partial charge in [0.05, 0.1) is 10.8 Å². The Labute approximate surface area is 165 Å². The number of nitrogens with zero attached hydrogens (tertiary/aromatic N) is 4. The van der Waals surface area contributed by atoms with Gasteiger partial charge in [-0.15, -0.1) is 5.10 Å². The lowest BCUT2D eigenvalue weighted by Crippen LogP contribution is -2.14. The van der Waals surface area contributed by atoms with Crippen LogP contribution in [0.4, 0.5) is 0 Å². The van der Waals surface area contributed by atoms with Gasteiger partial charge in [0.25, 0.3) is 0 Å². The zero-order chi connectivity index (χ0) is 19.3. The van der Waals surface area contributed by atoms with Crippen LogP contribution in [-0.4, -0.2) is 35.6 Å². The Hall–Kier alpha value is -3.19. The minimum atomic E-state index is -0.319. The van der Waals surface area contributed by atoms with Crippen molar-refractivity contribution in [3.05, 3.63) is 66.1 Å². The van der Waals surface area contributed by atoms with Gasteiger partial charge in [-0.3, -0.25) is 4.79 Å². The van der Waals surface area contributed by atoms with Gasteiger partial charge >= 0.3 is 0 Å². The Morgan fingerprint density at radius 1 is 1.07 bits per heavy atom. The number of thioether (sulfide) groups is 1. The average Bonchev–Trinajstić information content (AvgIpc) is 3.31. The predicted octanol–water partition coefficient (Wildman–Crippen LogP) is 4.43. The van der Waals surface area contributed by atoms with E-state index in [0.29, 0.717) is 16.5 Å². The molecule has 0 aliphatic heterocycles. The van der Waals surface area contributed by atoms with Crippen molar-refractivity contribution in [1.82, 2.24) is 24.6 Å². The first kappa shape index (κ1) is 16.9. The van der Waals surface area contributed by atoms with Gasteiger partial charge in [-0.2, -0.15) is 4.52 Å². The summed E-state index contributed by atoms with van der Waals surface area (Å²) in [6.45, 7) is 3.76. The van der Waals surface area contributed by atoms with E-state index >= 15 is 0 Å². The molecule has 0 bridgehead atoms. The van der Waals surface area contributed by atoms with Crippen LogP contribution < -0.4 is 0 Å². The highest BCUT2D eigenvalue weighted by atomic mass is 32.2. The van der Waals surface area contributed by atoms with Crippen LogP contribution in [0.3, 0.4) is 0 Å². The lowest BCUT2D eigenvalue weighted by Gasteiger charge is -2.11. The van der Waals surface area contributed by atoms with Gasteiger partial charge in [-0.1, -0.05) is 42.1 Å². The van der Waals surface area contributed by atoms with Gasteiger partial charge in [0.1, 0.15) is 5.82 Å². The molecule has 3 aromatic heterocycles. The molecule has 28 heavy (non-hydrogen) atoms. The lowest BCUT2D eigenvalue weighted by molar-refractivity contribution is 0.0995. The van der Waals surface area contributed by atoms with Crippen LogP contribution in [-0.2, 0) is 0 Å². The Kier molecular flexibility index (Phi) is 3.91. The fourth-order valence-corrected chi connectivity index (χ4v) is 4.34. The molecule has 0 saturated carbocycles. The molecule has 0 saturated heterocycles. The molecular formula is C21H17N5OS. The Morgan fingerprint density at radius 2 is 1.82 bits per heavy atom. The summed E-state index contributed by atoms with van der Waals surface area (Å²) in [6, 6.07) is 15.7. The predicted molar refractivity (Wildman–Crippen MR) is 111 cm³/mol. The quantitative estimate of drug-likeness (QED) is 0.280. The number of hydrogen-bond donors (Lipinski definition) is 1. The Bertz CT molecular complexity index is 1350. The molecule has 0 amide bonds. The first-order valence-corrected chi connectivity index (χ1v) is 9.89. The SMILES string of the molecule is Cc1nc2c3ccccc3nc(SC(C)C(=O)c3c[nH]c4ccccc34)n2n1. The number of aromatic amines is 1. The van der Waals surface area contributed by atoms with Crippen LogP contribution in [0.2, 0.25) is 0 Å². The molecule has 0 aliphatic rings. The smallest absolute Gasteiger partial charge is 0.192 e. The van der Waals surface area contributed by atoms with Gasteiger partial charge in [0.2, 0.25) is 0 Å². The van der Waals surface area contributed by atoms with Crippen molar-refractivity contribution in [1.29, 1.82) is 0 Å². The zero-order valence-electron chi connectivity index (χ0n) is 15.4. The molecule has 2 aromatic carbocycles. The third-order valence-electron chi connectivity index (χ3n) is 4.76. The van der Waals surface area contributed by atoms with Crippen molar-refractivity contribution in [2.24, 2.45) is 0 Å². The van der Waals surface area contributed by atoms with Crippen LogP contribution in [0.5, 0.6) is 0 Å². The number of aromatic nitrogens is 5. The summed E-state index contributed by atoms with van der Waals surface area (Å²) in [6.07, 6.45) is 1.78. The number of fused-ring (bicyclic) bond motifs is 4. The second-order valence-corrected chi connectivity index (χ2v) is 7.99. The lowest BCUT2D eigenvalue weighted by atomic mass is 10.1. The third-order valence-corrected chi connectivity index (χ3v) is 5.80. The van der Waals surface area contributed by atoms with E-state index in [1.165, 1.54) is 11.8 Å². The molecule has 3 heterocycles. The zero-order valence-corrected chi connectivity index (χ0v) is 16.2. The number of para-hydroxylation sites is 2. The van der Waals surface area contributed by atoms with E-state index in [4.69, 9.17) is 4.98 Å². The van der Waals surface area contributed by atoms with E-state index < -0.39 is 0 Å². The number of nitrogens with one attached hydrogen (secondary N) is 1.